The van der Waals surface area contributed by atoms with Crippen LogP contribution < -0.4 is 19.7 Å². The fourth-order valence-electron chi connectivity index (χ4n) is 4.29. The van der Waals surface area contributed by atoms with Gasteiger partial charge in [0.25, 0.3) is 0 Å². The van der Waals surface area contributed by atoms with E-state index >= 15 is 0 Å². The summed E-state index contributed by atoms with van der Waals surface area (Å²) in [7, 11) is 4.02. The van der Waals surface area contributed by atoms with Crippen molar-refractivity contribution >= 4 is 29.2 Å². The molecular weight excluding hydrogens is 502 g/mol. The Morgan fingerprint density at radius 2 is 1.62 bits per heavy atom. The minimum absolute atomic E-state index is 0.192. The van der Waals surface area contributed by atoms with Crippen molar-refractivity contribution in [2.75, 3.05) is 37.5 Å². The molecule has 4 aromatic rings. The molecule has 208 valence electrons. The van der Waals surface area contributed by atoms with E-state index in [2.05, 4.69) is 29.0 Å². The van der Waals surface area contributed by atoms with Crippen molar-refractivity contribution in [2.45, 2.75) is 33.6 Å². The molecule has 0 fully saturated rings. The lowest BCUT2D eigenvalue weighted by Crippen LogP contribution is -2.31. The predicted octanol–water partition coefficient (Wildman–Crippen LogP) is 7.24. The number of aromatic nitrogens is 2. The molecule has 0 aliphatic rings. The number of hydrogen-bond donors (Lipinski definition) is 1. The summed E-state index contributed by atoms with van der Waals surface area (Å²) in [4.78, 5) is 26.5. The van der Waals surface area contributed by atoms with Crippen molar-refractivity contribution in [3.63, 3.8) is 0 Å². The highest BCUT2D eigenvalue weighted by atomic mass is 16.6. The minimum Gasteiger partial charge on any atom is -0.492 e. The highest BCUT2D eigenvalue weighted by Crippen LogP contribution is 2.34. The molecule has 0 saturated carbocycles. The molecule has 0 aliphatic carbocycles. The largest absolute Gasteiger partial charge is 0.492 e. The van der Waals surface area contributed by atoms with Crippen LogP contribution in [0.5, 0.6) is 11.5 Å². The Labute approximate surface area is 236 Å². The number of anilines is 4. The van der Waals surface area contributed by atoms with Crippen LogP contribution >= 0.6 is 0 Å². The van der Waals surface area contributed by atoms with Crippen molar-refractivity contribution < 1.29 is 14.3 Å². The summed E-state index contributed by atoms with van der Waals surface area (Å²) in [6, 6.07) is 22.8. The number of ether oxygens (including phenoxy) is 2. The zero-order valence-corrected chi connectivity index (χ0v) is 24.0. The van der Waals surface area contributed by atoms with Gasteiger partial charge in [-0.1, -0.05) is 50.2 Å². The lowest BCUT2D eigenvalue weighted by molar-refractivity contribution is 0.209. The van der Waals surface area contributed by atoms with E-state index in [4.69, 9.17) is 14.5 Å². The number of para-hydroxylation sites is 2. The second-order valence-corrected chi connectivity index (χ2v) is 10.2. The van der Waals surface area contributed by atoms with Crippen LogP contribution in [-0.2, 0) is 0 Å². The van der Waals surface area contributed by atoms with Crippen molar-refractivity contribution in [2.24, 2.45) is 0 Å². The van der Waals surface area contributed by atoms with E-state index in [-0.39, 0.29) is 5.92 Å². The Morgan fingerprint density at radius 3 is 2.30 bits per heavy atom. The van der Waals surface area contributed by atoms with Crippen LogP contribution in [0.3, 0.4) is 0 Å². The molecule has 0 spiro atoms. The van der Waals surface area contributed by atoms with E-state index in [1.165, 1.54) is 4.90 Å². The number of rotatable bonds is 10. The molecule has 1 aromatic heterocycles. The number of nitrogens with one attached hydrogen (secondary N) is 1. The molecule has 1 N–H and O–H groups in total. The van der Waals surface area contributed by atoms with Gasteiger partial charge >= 0.3 is 6.09 Å². The van der Waals surface area contributed by atoms with Crippen LogP contribution in [0.2, 0.25) is 0 Å². The van der Waals surface area contributed by atoms with Gasteiger partial charge in [-0.3, -0.25) is 0 Å². The van der Waals surface area contributed by atoms with Gasteiger partial charge in [-0.25, -0.2) is 14.7 Å². The molecule has 1 amide bonds. The highest BCUT2D eigenvalue weighted by Gasteiger charge is 2.26. The molecule has 8 nitrogen and oxygen atoms in total. The maximum atomic E-state index is 13.8. The highest BCUT2D eigenvalue weighted by molar-refractivity contribution is 5.98. The molecule has 0 saturated heterocycles. The van der Waals surface area contributed by atoms with Crippen LogP contribution in [0.15, 0.2) is 79.0 Å². The monoisotopic (exact) mass is 539 g/mol. The van der Waals surface area contributed by atoms with Crippen LogP contribution in [0.25, 0.3) is 0 Å². The standard InChI is InChI=1S/C32H37N5O3/c1-22(2)27-12-7-8-13-28(27)40-32(38)37(30-23(3)10-9-11-24(30)4)29-18-19-33-31(35-29)34-25-14-16-26(17-15-25)39-21-20-36(5)6/h7-19,22H,20-21H2,1-6H3,(H,33,34,35). The van der Waals surface area contributed by atoms with E-state index in [0.717, 1.165) is 40.4 Å². The summed E-state index contributed by atoms with van der Waals surface area (Å²) >= 11 is 0. The molecule has 0 atom stereocenters. The fraction of sp³-hybridized carbons (Fsp3) is 0.281. The molecule has 0 unspecified atom stereocenters. The smallest absolute Gasteiger partial charge is 0.425 e. The summed E-state index contributed by atoms with van der Waals surface area (Å²) in [5.74, 6) is 2.25. The Balaban J connectivity index is 1.62. The zero-order valence-electron chi connectivity index (χ0n) is 24.0. The molecule has 1 heterocycles. The van der Waals surface area contributed by atoms with E-state index < -0.39 is 6.09 Å². The normalized spacial score (nSPS) is 11.0. The average molecular weight is 540 g/mol. The maximum absolute atomic E-state index is 13.8. The van der Waals surface area contributed by atoms with Gasteiger partial charge in [0.1, 0.15) is 23.9 Å². The van der Waals surface area contributed by atoms with Crippen LogP contribution in [0.4, 0.5) is 27.9 Å². The third-order valence-electron chi connectivity index (χ3n) is 6.37. The summed E-state index contributed by atoms with van der Waals surface area (Å²) in [5, 5.41) is 3.23. The molecular formula is C32H37N5O3. The lowest BCUT2D eigenvalue weighted by atomic mass is 10.0. The first-order chi connectivity index (χ1) is 19.2. The minimum atomic E-state index is -0.547. The first-order valence-corrected chi connectivity index (χ1v) is 13.4. The molecule has 3 aromatic carbocycles. The Bertz CT molecular complexity index is 1420. The van der Waals surface area contributed by atoms with Crippen molar-refractivity contribution in [3.8, 4) is 11.5 Å². The van der Waals surface area contributed by atoms with Gasteiger partial charge in [-0.05, 0) is 80.9 Å². The molecule has 8 heteroatoms. The van der Waals surface area contributed by atoms with E-state index in [1.807, 2.05) is 94.7 Å². The number of amides is 1. The first kappa shape index (κ1) is 28.6. The van der Waals surface area contributed by atoms with Gasteiger partial charge in [0.2, 0.25) is 5.95 Å². The predicted molar refractivity (Wildman–Crippen MR) is 160 cm³/mol. The lowest BCUT2D eigenvalue weighted by Gasteiger charge is -2.25. The zero-order chi connectivity index (χ0) is 28.6. The summed E-state index contributed by atoms with van der Waals surface area (Å²) in [6.07, 6.45) is 1.08. The summed E-state index contributed by atoms with van der Waals surface area (Å²) in [6.45, 7) is 9.52. The van der Waals surface area contributed by atoms with Gasteiger partial charge < -0.3 is 19.7 Å². The maximum Gasteiger partial charge on any atom is 0.425 e. The second kappa shape index (κ2) is 13.1. The van der Waals surface area contributed by atoms with Gasteiger partial charge in [-0.2, -0.15) is 4.98 Å². The van der Waals surface area contributed by atoms with Gasteiger partial charge in [0.15, 0.2) is 0 Å². The van der Waals surface area contributed by atoms with Crippen LogP contribution in [-0.4, -0.2) is 48.2 Å². The number of hydrogen-bond acceptors (Lipinski definition) is 7. The Morgan fingerprint density at radius 1 is 0.925 bits per heavy atom. The third kappa shape index (κ3) is 7.15. The molecule has 0 aliphatic heterocycles. The van der Waals surface area contributed by atoms with E-state index in [9.17, 15) is 4.79 Å². The molecule has 40 heavy (non-hydrogen) atoms. The fourth-order valence-corrected chi connectivity index (χ4v) is 4.29. The number of aryl methyl sites for hydroxylation is 2. The second-order valence-electron chi connectivity index (χ2n) is 10.2. The van der Waals surface area contributed by atoms with Crippen LogP contribution in [0, 0.1) is 13.8 Å². The number of nitrogens with zero attached hydrogens (tertiary/aromatic N) is 4. The third-order valence-corrected chi connectivity index (χ3v) is 6.37. The van der Waals surface area contributed by atoms with Gasteiger partial charge in [0.05, 0.1) is 5.69 Å². The van der Waals surface area contributed by atoms with Crippen LogP contribution in [0.1, 0.15) is 36.5 Å². The topological polar surface area (TPSA) is 79.8 Å². The summed E-state index contributed by atoms with van der Waals surface area (Å²) in [5.41, 5.74) is 4.32. The van der Waals surface area contributed by atoms with E-state index in [1.54, 1.807) is 12.3 Å². The van der Waals surface area contributed by atoms with Crippen molar-refractivity contribution in [3.05, 3.63) is 95.7 Å². The summed E-state index contributed by atoms with van der Waals surface area (Å²) < 4.78 is 11.8. The van der Waals surface area contributed by atoms with Crippen molar-refractivity contribution in [1.29, 1.82) is 0 Å². The number of likely N-dealkylation sites (N-methyl/N-ethyl adjacent to an activating group) is 1. The SMILES string of the molecule is Cc1cccc(C)c1N(C(=O)Oc1ccccc1C(C)C)c1ccnc(Nc2ccc(OCCN(C)C)cc2)n1. The van der Waals surface area contributed by atoms with E-state index in [0.29, 0.717) is 24.1 Å². The number of benzene rings is 3. The first-order valence-electron chi connectivity index (χ1n) is 13.4. The Kier molecular flexibility index (Phi) is 9.35. The molecule has 0 radical (unpaired) electrons. The average Bonchev–Trinajstić information content (AvgIpc) is 2.92. The number of carbonyl (C=O) groups excluding carboxylic acids is 1. The van der Waals surface area contributed by atoms with Gasteiger partial charge in [-0.15, -0.1) is 0 Å². The quantitative estimate of drug-likeness (QED) is 0.228. The Hall–Kier alpha value is -4.43. The number of carbonyl (C=O) groups is 1. The van der Waals surface area contributed by atoms with Gasteiger partial charge in [0, 0.05) is 24.5 Å². The molecule has 0 bridgehead atoms. The molecule has 4 rings (SSSR count). The van der Waals surface area contributed by atoms with Crippen molar-refractivity contribution in [1.82, 2.24) is 14.9 Å².